The van der Waals surface area contributed by atoms with E-state index in [0.29, 0.717) is 33.0 Å². The molecule has 0 atom stereocenters. The fraction of sp³-hybridized carbons (Fsp3) is 0.370. The number of rotatable bonds is 6. The van der Waals surface area contributed by atoms with Crippen LogP contribution in [-0.2, 0) is 23.7 Å². The topological polar surface area (TPSA) is 71.8 Å². The first-order chi connectivity index (χ1) is 18.8. The number of piperidine rings is 1. The molecule has 2 aliphatic rings. The molecule has 0 aliphatic carbocycles. The minimum atomic E-state index is -4.98. The molecule has 1 amide bonds. The van der Waals surface area contributed by atoms with Crippen LogP contribution in [0.2, 0.25) is 0 Å². The van der Waals surface area contributed by atoms with Crippen molar-refractivity contribution in [3.63, 3.8) is 0 Å². The first-order valence-electron chi connectivity index (χ1n) is 12.4. The number of amides is 1. The number of carbonyl (C=O) groups is 1. The van der Waals surface area contributed by atoms with Gasteiger partial charge in [0.05, 0.1) is 16.0 Å². The molecular weight excluding hydrogens is 556 g/mol. The molecule has 0 aromatic heterocycles. The number of nitrogens with zero attached hydrogens (tertiary/aromatic N) is 3. The Morgan fingerprint density at radius 1 is 1.10 bits per heavy atom. The van der Waals surface area contributed by atoms with Gasteiger partial charge in [0.2, 0.25) is 0 Å². The first-order valence-corrected chi connectivity index (χ1v) is 13.2. The Balaban J connectivity index is 1.48. The van der Waals surface area contributed by atoms with Crippen LogP contribution in [0.15, 0.2) is 46.3 Å². The lowest BCUT2D eigenvalue weighted by Crippen LogP contribution is -2.43. The highest BCUT2D eigenvalue weighted by molar-refractivity contribution is 8.18. The number of nitrogens with one attached hydrogen (secondary N) is 2. The summed E-state index contributed by atoms with van der Waals surface area (Å²) in [6, 6.07) is 6.55. The standard InChI is InChI=1S/C27H27F6N5OS/c1-37-9-7-20(8-10-37)38(2)25-36-24(39)23(40-25)12-16-3-6-22(18(11-16)14-34)35-15-17-4-5-19(26(28,29)30)13-21(17)27(31,32)33/h3-6,11-14,20,34-35H,7-10,15H2,1-2H3/b23-12-,34-14?. The van der Waals surface area contributed by atoms with Crippen molar-refractivity contribution in [3.05, 3.63) is 69.1 Å². The van der Waals surface area contributed by atoms with Crippen molar-refractivity contribution in [2.24, 2.45) is 4.99 Å². The minimum Gasteiger partial charge on any atom is -0.380 e. The Hall–Kier alpha value is -3.32. The maximum absolute atomic E-state index is 13.5. The van der Waals surface area contributed by atoms with Gasteiger partial charge in [0.15, 0.2) is 5.17 Å². The SMILES string of the molecule is CN1CCC(N(C)C2=NC(=O)/C(=C/c3ccc(NCc4ccc(C(F)(F)F)cc4C(F)(F)F)c(C=N)c3)S2)CC1. The van der Waals surface area contributed by atoms with Crippen molar-refractivity contribution in [2.45, 2.75) is 37.8 Å². The van der Waals surface area contributed by atoms with E-state index in [-0.39, 0.29) is 23.6 Å². The molecule has 214 valence electrons. The molecule has 6 nitrogen and oxygen atoms in total. The Bertz CT molecular complexity index is 1350. The molecule has 0 radical (unpaired) electrons. The smallest absolute Gasteiger partial charge is 0.380 e. The van der Waals surface area contributed by atoms with Gasteiger partial charge in [0.25, 0.3) is 5.91 Å². The molecule has 0 spiro atoms. The number of alkyl halides is 6. The summed E-state index contributed by atoms with van der Waals surface area (Å²) in [5, 5.41) is 11.2. The molecule has 1 fully saturated rings. The third-order valence-corrected chi connectivity index (χ3v) is 7.96. The fourth-order valence-electron chi connectivity index (χ4n) is 4.55. The number of carbonyl (C=O) groups excluding carboxylic acids is 1. The molecule has 2 aliphatic heterocycles. The van der Waals surface area contributed by atoms with Crippen LogP contribution >= 0.6 is 11.8 Å². The second-order valence-electron chi connectivity index (χ2n) is 9.67. The maximum Gasteiger partial charge on any atom is 0.416 e. The minimum absolute atomic E-state index is 0.0978. The predicted octanol–water partition coefficient (Wildman–Crippen LogP) is 6.33. The van der Waals surface area contributed by atoms with Gasteiger partial charge in [0, 0.05) is 37.1 Å². The quantitative estimate of drug-likeness (QED) is 0.236. The average molecular weight is 584 g/mol. The Labute approximate surface area is 231 Å². The Morgan fingerprint density at radius 2 is 1.80 bits per heavy atom. The van der Waals surface area contributed by atoms with Crippen LogP contribution < -0.4 is 5.32 Å². The second-order valence-corrected chi connectivity index (χ2v) is 10.7. The molecule has 0 saturated carbocycles. The van der Waals surface area contributed by atoms with Gasteiger partial charge in [-0.25, -0.2) is 0 Å². The lowest BCUT2D eigenvalue weighted by Gasteiger charge is -2.35. The number of thioether (sulfide) groups is 1. The molecule has 1 saturated heterocycles. The van der Waals surface area contributed by atoms with Crippen molar-refractivity contribution in [1.82, 2.24) is 9.80 Å². The van der Waals surface area contributed by atoms with Crippen LogP contribution in [0.1, 0.15) is 40.7 Å². The second kappa shape index (κ2) is 11.7. The zero-order valence-electron chi connectivity index (χ0n) is 21.7. The maximum atomic E-state index is 13.5. The lowest BCUT2D eigenvalue weighted by molar-refractivity contribution is -0.143. The van der Waals surface area contributed by atoms with Crippen molar-refractivity contribution in [3.8, 4) is 0 Å². The van der Waals surface area contributed by atoms with Crippen LogP contribution in [-0.4, -0.2) is 60.3 Å². The summed E-state index contributed by atoms with van der Waals surface area (Å²) in [6.45, 7) is 1.52. The number of aliphatic imine (C=N–C) groups is 1. The number of hydrogen-bond acceptors (Lipinski definition) is 6. The molecule has 0 bridgehead atoms. The number of anilines is 1. The molecule has 2 heterocycles. The highest BCUT2D eigenvalue weighted by atomic mass is 32.2. The first kappa shape index (κ1) is 29.7. The number of likely N-dealkylation sites (tertiary alicyclic amines) is 1. The van der Waals surface area contributed by atoms with E-state index in [1.807, 2.05) is 11.9 Å². The van der Waals surface area contributed by atoms with Crippen LogP contribution in [0.5, 0.6) is 0 Å². The third kappa shape index (κ3) is 6.87. The fourth-order valence-corrected chi connectivity index (χ4v) is 5.50. The van der Waals surface area contributed by atoms with E-state index < -0.39 is 30.0 Å². The average Bonchev–Trinajstić information content (AvgIpc) is 3.26. The Morgan fingerprint density at radius 3 is 2.42 bits per heavy atom. The molecule has 2 N–H and O–H groups in total. The molecule has 2 aromatic carbocycles. The zero-order valence-corrected chi connectivity index (χ0v) is 22.5. The van der Waals surface area contributed by atoms with Crippen molar-refractivity contribution < 1.29 is 31.1 Å². The van der Waals surface area contributed by atoms with Gasteiger partial charge in [0.1, 0.15) is 0 Å². The molecule has 13 heteroatoms. The summed E-state index contributed by atoms with van der Waals surface area (Å²) in [5.41, 5.74) is -1.90. The van der Waals surface area contributed by atoms with Crippen molar-refractivity contribution >= 4 is 40.8 Å². The van der Waals surface area contributed by atoms with E-state index in [1.54, 1.807) is 24.3 Å². The molecule has 4 rings (SSSR count). The van der Waals surface area contributed by atoms with Gasteiger partial charge in [-0.15, -0.1) is 0 Å². The van der Waals surface area contributed by atoms with Gasteiger partial charge >= 0.3 is 12.4 Å². The number of amidine groups is 1. The summed E-state index contributed by atoms with van der Waals surface area (Å²) < 4.78 is 79.3. The predicted molar refractivity (Wildman–Crippen MR) is 144 cm³/mol. The molecule has 40 heavy (non-hydrogen) atoms. The number of hydrogen-bond donors (Lipinski definition) is 2. The largest absolute Gasteiger partial charge is 0.416 e. The van der Waals surface area contributed by atoms with E-state index in [2.05, 4.69) is 22.3 Å². The van der Waals surface area contributed by atoms with E-state index in [1.165, 1.54) is 11.8 Å². The Kier molecular flexibility index (Phi) is 8.64. The highest BCUT2D eigenvalue weighted by Crippen LogP contribution is 2.38. The molecule has 2 aromatic rings. The normalized spacial score (nSPS) is 18.2. The lowest BCUT2D eigenvalue weighted by atomic mass is 10.0. The number of halogens is 6. The van der Waals surface area contributed by atoms with Crippen molar-refractivity contribution in [1.29, 1.82) is 5.41 Å². The van der Waals surface area contributed by atoms with Gasteiger partial charge in [-0.3, -0.25) is 4.79 Å². The zero-order chi connectivity index (χ0) is 29.2. The van der Waals surface area contributed by atoms with Crippen LogP contribution in [0.25, 0.3) is 6.08 Å². The van der Waals surface area contributed by atoms with Gasteiger partial charge in [-0.05, 0) is 86.2 Å². The summed E-state index contributed by atoms with van der Waals surface area (Å²) in [4.78, 5) is 21.5. The van der Waals surface area contributed by atoms with Gasteiger partial charge in [-0.2, -0.15) is 31.3 Å². The number of benzene rings is 2. The van der Waals surface area contributed by atoms with Gasteiger partial charge < -0.3 is 20.5 Å². The summed E-state index contributed by atoms with van der Waals surface area (Å²) in [7, 11) is 3.99. The summed E-state index contributed by atoms with van der Waals surface area (Å²) in [5.74, 6) is -0.375. The van der Waals surface area contributed by atoms with Crippen molar-refractivity contribution in [2.75, 3.05) is 32.5 Å². The van der Waals surface area contributed by atoms with E-state index >= 15 is 0 Å². The van der Waals surface area contributed by atoms with Crippen LogP contribution in [0.4, 0.5) is 32.0 Å². The molecular formula is C27H27F6N5OS. The van der Waals surface area contributed by atoms with Crippen LogP contribution in [0, 0.1) is 5.41 Å². The van der Waals surface area contributed by atoms with E-state index in [9.17, 15) is 31.1 Å². The summed E-state index contributed by atoms with van der Waals surface area (Å²) >= 11 is 1.26. The van der Waals surface area contributed by atoms with E-state index in [4.69, 9.17) is 5.41 Å². The third-order valence-electron chi connectivity index (χ3n) is 6.89. The monoisotopic (exact) mass is 583 g/mol. The highest BCUT2D eigenvalue weighted by Gasteiger charge is 2.38. The van der Waals surface area contributed by atoms with Gasteiger partial charge in [-0.1, -0.05) is 12.1 Å². The molecule has 0 unspecified atom stereocenters. The summed E-state index contributed by atoms with van der Waals surface area (Å²) in [6.07, 6.45) is -5.31. The van der Waals surface area contributed by atoms with Crippen LogP contribution in [0.3, 0.4) is 0 Å². The van der Waals surface area contributed by atoms with E-state index in [0.717, 1.165) is 38.2 Å².